The number of hydrogen-bond donors (Lipinski definition) is 0. The normalized spacial score (nSPS) is 10.5. The Morgan fingerprint density at radius 3 is 2.12 bits per heavy atom. The number of ether oxygens (including phenoxy) is 1. The van der Waals surface area contributed by atoms with E-state index in [2.05, 4.69) is 18.2 Å². The maximum absolute atomic E-state index is 5.54. The summed E-state index contributed by atoms with van der Waals surface area (Å²) in [5, 5.41) is 0. The Balaban J connectivity index is 1.83. The van der Waals surface area contributed by atoms with Crippen molar-refractivity contribution in [1.82, 2.24) is 0 Å². The molecule has 0 heterocycles. The first-order valence-corrected chi connectivity index (χ1v) is 5.34. The summed E-state index contributed by atoms with van der Waals surface area (Å²) in [6.45, 7) is 0.596. The maximum Gasteiger partial charge on any atom is 0.119 e. The average molecular weight is 210 g/mol. The number of benzene rings is 2. The van der Waals surface area contributed by atoms with Crippen LogP contribution in [0.4, 0.5) is 0 Å². The van der Waals surface area contributed by atoms with Crippen LogP contribution in [0.1, 0.15) is 5.56 Å². The van der Waals surface area contributed by atoms with E-state index in [0.29, 0.717) is 6.61 Å². The third-order valence-corrected chi connectivity index (χ3v) is 2.20. The molecule has 0 radical (unpaired) electrons. The fourth-order valence-electron chi connectivity index (χ4n) is 1.41. The number of hydrogen-bond acceptors (Lipinski definition) is 1. The van der Waals surface area contributed by atoms with E-state index in [1.807, 2.05) is 54.6 Å². The molecule has 0 aliphatic rings. The molecular weight excluding hydrogens is 196 g/mol. The quantitative estimate of drug-likeness (QED) is 0.746. The van der Waals surface area contributed by atoms with Crippen LogP contribution >= 0.6 is 0 Å². The summed E-state index contributed by atoms with van der Waals surface area (Å²) >= 11 is 0. The molecule has 1 nitrogen and oxygen atoms in total. The van der Waals surface area contributed by atoms with Crippen LogP contribution in [0.2, 0.25) is 0 Å². The standard InChI is InChI=1S/C15H14O/c1-3-8-14(9-4-1)10-7-13-16-15-11-5-2-6-12-15/h1-12H,13H2/b10-7+. The molecule has 80 valence electrons. The molecular formula is C15H14O. The molecule has 0 aliphatic heterocycles. The summed E-state index contributed by atoms with van der Waals surface area (Å²) in [6.07, 6.45) is 4.07. The van der Waals surface area contributed by atoms with Gasteiger partial charge >= 0.3 is 0 Å². The highest BCUT2D eigenvalue weighted by atomic mass is 16.5. The van der Waals surface area contributed by atoms with E-state index in [1.165, 1.54) is 5.56 Å². The van der Waals surface area contributed by atoms with Crippen LogP contribution in [0.15, 0.2) is 66.7 Å². The average Bonchev–Trinajstić information content (AvgIpc) is 2.37. The van der Waals surface area contributed by atoms with Crippen molar-refractivity contribution < 1.29 is 4.74 Å². The van der Waals surface area contributed by atoms with E-state index in [0.717, 1.165) is 5.75 Å². The Labute approximate surface area is 96.0 Å². The van der Waals surface area contributed by atoms with Gasteiger partial charge in [0.05, 0.1) is 0 Å². The molecule has 0 saturated heterocycles. The zero-order valence-corrected chi connectivity index (χ0v) is 9.04. The predicted octanol–water partition coefficient (Wildman–Crippen LogP) is 3.78. The van der Waals surface area contributed by atoms with Gasteiger partial charge in [0.2, 0.25) is 0 Å². The molecule has 0 fully saturated rings. The molecule has 16 heavy (non-hydrogen) atoms. The van der Waals surface area contributed by atoms with E-state index in [4.69, 9.17) is 4.74 Å². The number of rotatable bonds is 4. The van der Waals surface area contributed by atoms with Crippen molar-refractivity contribution in [1.29, 1.82) is 0 Å². The molecule has 2 rings (SSSR count). The van der Waals surface area contributed by atoms with Gasteiger partial charge in [-0.25, -0.2) is 0 Å². The van der Waals surface area contributed by atoms with Gasteiger partial charge in [0, 0.05) is 0 Å². The van der Waals surface area contributed by atoms with Gasteiger partial charge in [0.1, 0.15) is 12.4 Å². The fourth-order valence-corrected chi connectivity index (χ4v) is 1.41. The summed E-state index contributed by atoms with van der Waals surface area (Å²) < 4.78 is 5.54. The van der Waals surface area contributed by atoms with Gasteiger partial charge in [-0.05, 0) is 23.8 Å². The first-order chi connectivity index (χ1) is 7.95. The Hall–Kier alpha value is -2.02. The van der Waals surface area contributed by atoms with Crippen LogP contribution in [0.25, 0.3) is 6.08 Å². The second kappa shape index (κ2) is 5.76. The third-order valence-electron chi connectivity index (χ3n) is 2.20. The molecule has 1 heteroatoms. The van der Waals surface area contributed by atoms with Crippen LogP contribution < -0.4 is 4.74 Å². The lowest BCUT2D eigenvalue weighted by molar-refractivity contribution is 0.363. The smallest absolute Gasteiger partial charge is 0.119 e. The maximum atomic E-state index is 5.54. The van der Waals surface area contributed by atoms with E-state index < -0.39 is 0 Å². The van der Waals surface area contributed by atoms with Crippen molar-refractivity contribution in [2.75, 3.05) is 6.61 Å². The van der Waals surface area contributed by atoms with Crippen molar-refractivity contribution in [3.8, 4) is 5.75 Å². The highest BCUT2D eigenvalue weighted by molar-refractivity contribution is 5.48. The van der Waals surface area contributed by atoms with Crippen LogP contribution in [0, 0.1) is 0 Å². The molecule has 0 unspecified atom stereocenters. The molecule has 2 aromatic rings. The van der Waals surface area contributed by atoms with Gasteiger partial charge in [0.15, 0.2) is 0 Å². The molecule has 0 aromatic heterocycles. The topological polar surface area (TPSA) is 9.23 Å². The fraction of sp³-hybridized carbons (Fsp3) is 0.0667. The minimum absolute atomic E-state index is 0.596. The first-order valence-electron chi connectivity index (χ1n) is 5.34. The molecule has 0 amide bonds. The minimum Gasteiger partial charge on any atom is -0.490 e. The van der Waals surface area contributed by atoms with Crippen molar-refractivity contribution in [2.24, 2.45) is 0 Å². The molecule has 0 N–H and O–H groups in total. The van der Waals surface area contributed by atoms with E-state index in [1.54, 1.807) is 0 Å². The lowest BCUT2D eigenvalue weighted by Gasteiger charge is -2.01. The van der Waals surface area contributed by atoms with Crippen molar-refractivity contribution in [3.05, 3.63) is 72.3 Å². The van der Waals surface area contributed by atoms with Crippen LogP contribution in [-0.2, 0) is 0 Å². The van der Waals surface area contributed by atoms with Gasteiger partial charge in [-0.1, -0.05) is 54.6 Å². The van der Waals surface area contributed by atoms with Gasteiger partial charge in [-0.2, -0.15) is 0 Å². The minimum atomic E-state index is 0.596. The van der Waals surface area contributed by atoms with Crippen molar-refractivity contribution in [3.63, 3.8) is 0 Å². The first kappa shape index (κ1) is 10.5. The van der Waals surface area contributed by atoms with Crippen LogP contribution in [0.3, 0.4) is 0 Å². The third kappa shape index (κ3) is 3.28. The second-order valence-corrected chi connectivity index (χ2v) is 3.44. The molecule has 0 bridgehead atoms. The zero-order chi connectivity index (χ0) is 11.1. The van der Waals surface area contributed by atoms with E-state index in [9.17, 15) is 0 Å². The summed E-state index contributed by atoms with van der Waals surface area (Å²) in [7, 11) is 0. The van der Waals surface area contributed by atoms with Gasteiger partial charge in [-0.3, -0.25) is 0 Å². The van der Waals surface area contributed by atoms with Gasteiger partial charge in [0.25, 0.3) is 0 Å². The SMILES string of the molecule is C(=C\c1ccccc1)/COc1ccccc1. The van der Waals surface area contributed by atoms with E-state index >= 15 is 0 Å². The van der Waals surface area contributed by atoms with E-state index in [-0.39, 0.29) is 0 Å². The Morgan fingerprint density at radius 1 is 0.812 bits per heavy atom. The Morgan fingerprint density at radius 2 is 1.44 bits per heavy atom. The lowest BCUT2D eigenvalue weighted by Crippen LogP contribution is -1.92. The molecule has 2 aromatic carbocycles. The molecule has 0 atom stereocenters. The predicted molar refractivity (Wildman–Crippen MR) is 67.4 cm³/mol. The molecule has 0 spiro atoms. The molecule has 0 saturated carbocycles. The summed E-state index contributed by atoms with van der Waals surface area (Å²) in [4.78, 5) is 0. The zero-order valence-electron chi connectivity index (χ0n) is 9.04. The van der Waals surface area contributed by atoms with Crippen molar-refractivity contribution >= 4 is 6.08 Å². The Kier molecular flexibility index (Phi) is 3.78. The largest absolute Gasteiger partial charge is 0.490 e. The van der Waals surface area contributed by atoms with Gasteiger partial charge in [-0.15, -0.1) is 0 Å². The summed E-state index contributed by atoms with van der Waals surface area (Å²) in [6, 6.07) is 20.0. The van der Waals surface area contributed by atoms with Crippen LogP contribution in [-0.4, -0.2) is 6.61 Å². The number of para-hydroxylation sites is 1. The monoisotopic (exact) mass is 210 g/mol. The lowest BCUT2D eigenvalue weighted by atomic mass is 10.2. The summed E-state index contributed by atoms with van der Waals surface area (Å²) in [5.41, 5.74) is 1.19. The molecule has 0 aliphatic carbocycles. The summed E-state index contributed by atoms with van der Waals surface area (Å²) in [5.74, 6) is 0.903. The Bertz CT molecular complexity index is 432. The van der Waals surface area contributed by atoms with Crippen molar-refractivity contribution in [2.45, 2.75) is 0 Å². The highest BCUT2D eigenvalue weighted by Gasteiger charge is 1.87. The van der Waals surface area contributed by atoms with Crippen LogP contribution in [0.5, 0.6) is 5.75 Å². The van der Waals surface area contributed by atoms with Gasteiger partial charge < -0.3 is 4.74 Å². The second-order valence-electron chi connectivity index (χ2n) is 3.44. The highest BCUT2D eigenvalue weighted by Crippen LogP contribution is 2.08.